The Kier molecular flexibility index (Phi) is 14.1. The number of piperidine rings is 1. The Bertz CT molecular complexity index is 1840. The number of unbranched alkanes of at least 4 members (excludes halogenated alkanes) is 2. The molecule has 0 spiro atoms. The van der Waals surface area contributed by atoms with Crippen molar-refractivity contribution in [3.05, 3.63) is 130 Å². The van der Waals surface area contributed by atoms with Crippen LogP contribution in [-0.4, -0.2) is 59.2 Å². The monoisotopic (exact) mass is 767 g/mol. The fourth-order valence-electron chi connectivity index (χ4n) is 7.57. The van der Waals surface area contributed by atoms with Crippen molar-refractivity contribution in [1.29, 1.82) is 0 Å². The summed E-state index contributed by atoms with van der Waals surface area (Å²) in [5, 5.41) is 27.6. The molecule has 0 saturated carbocycles. The number of benzene rings is 4. The third-order valence-corrected chi connectivity index (χ3v) is 11.3. The van der Waals surface area contributed by atoms with Crippen LogP contribution in [0.15, 0.2) is 97.1 Å². The molecule has 292 valence electrons. The Labute approximate surface area is 330 Å². The summed E-state index contributed by atoms with van der Waals surface area (Å²) >= 11 is 6.11. The highest BCUT2D eigenvalue weighted by Gasteiger charge is 2.41. The van der Waals surface area contributed by atoms with Crippen molar-refractivity contribution in [3.8, 4) is 11.1 Å². The fraction of sp³-hybridized carbons (Fsp3) is 0.422. The highest BCUT2D eigenvalue weighted by molar-refractivity contribution is 6.30. The Morgan fingerprint density at radius 3 is 2.24 bits per heavy atom. The minimum atomic E-state index is -0.880. The molecule has 10 heteroatoms. The van der Waals surface area contributed by atoms with E-state index in [4.69, 9.17) is 21.1 Å². The second-order valence-electron chi connectivity index (χ2n) is 15.1. The van der Waals surface area contributed by atoms with Crippen LogP contribution in [0.4, 0.5) is 0 Å². The third-order valence-electron chi connectivity index (χ3n) is 11.0. The molecule has 4 atom stereocenters. The summed E-state index contributed by atoms with van der Waals surface area (Å²) in [7, 11) is 0. The fourth-order valence-corrected chi connectivity index (χ4v) is 7.70. The lowest BCUT2D eigenvalue weighted by molar-refractivity contribution is -0.277. The van der Waals surface area contributed by atoms with Gasteiger partial charge in [-0.15, -0.1) is 0 Å². The van der Waals surface area contributed by atoms with Crippen LogP contribution in [0.3, 0.4) is 0 Å². The Morgan fingerprint density at radius 2 is 1.55 bits per heavy atom. The molecule has 0 aliphatic carbocycles. The molecule has 55 heavy (non-hydrogen) atoms. The first-order valence-corrected chi connectivity index (χ1v) is 19.9. The van der Waals surface area contributed by atoms with Crippen molar-refractivity contribution in [2.45, 2.75) is 89.6 Å². The third kappa shape index (κ3) is 11.0. The quantitative estimate of drug-likeness (QED) is 0.0921. The van der Waals surface area contributed by atoms with E-state index >= 15 is 0 Å². The molecule has 0 bridgehead atoms. The molecule has 4 aromatic carbocycles. The topological polar surface area (TPSA) is 120 Å². The maximum atomic E-state index is 12.5. The van der Waals surface area contributed by atoms with Gasteiger partial charge >= 0.3 is 0 Å². The second kappa shape index (κ2) is 19.2. The van der Waals surface area contributed by atoms with Crippen LogP contribution in [-0.2, 0) is 37.8 Å². The molecule has 6 rings (SSSR count). The van der Waals surface area contributed by atoms with E-state index in [1.54, 1.807) is 0 Å². The summed E-state index contributed by atoms with van der Waals surface area (Å²) in [5.74, 6) is 0.0433. The molecule has 2 fully saturated rings. The van der Waals surface area contributed by atoms with Gasteiger partial charge in [0.05, 0.1) is 24.4 Å². The molecule has 2 amide bonds. The average molecular weight is 768 g/mol. The lowest BCUT2D eigenvalue weighted by Gasteiger charge is -2.45. The van der Waals surface area contributed by atoms with Crippen molar-refractivity contribution in [1.82, 2.24) is 15.5 Å². The van der Waals surface area contributed by atoms with Gasteiger partial charge < -0.3 is 35.2 Å². The SMILES string of the molecule is CC(=O)NCCCCCC(=O)NCc1cccc(-c2ccc([C@H]3O[C@@H](CN4CCC(O)(c5ccc(Cl)cc5)CC4)[C@@H](C)[C@@H](c4ccc(CO)cc4)O3)cc2)c1. The summed E-state index contributed by atoms with van der Waals surface area (Å²) in [6.07, 6.45) is 3.33. The number of hydrogen-bond donors (Lipinski definition) is 4. The van der Waals surface area contributed by atoms with Crippen LogP contribution >= 0.6 is 11.6 Å². The van der Waals surface area contributed by atoms with Gasteiger partial charge in [-0.1, -0.05) is 104 Å². The van der Waals surface area contributed by atoms with Gasteiger partial charge in [-0.05, 0) is 77.3 Å². The average Bonchev–Trinajstić information content (AvgIpc) is 3.20. The molecule has 2 saturated heterocycles. The van der Waals surface area contributed by atoms with Crippen LogP contribution in [0.1, 0.15) is 92.6 Å². The number of halogens is 1. The van der Waals surface area contributed by atoms with E-state index in [9.17, 15) is 19.8 Å². The first-order valence-electron chi connectivity index (χ1n) is 19.5. The maximum absolute atomic E-state index is 12.5. The molecule has 2 aliphatic heterocycles. The van der Waals surface area contributed by atoms with Crippen molar-refractivity contribution < 1.29 is 29.3 Å². The number of nitrogens with zero attached hydrogens (tertiary/aromatic N) is 1. The summed E-state index contributed by atoms with van der Waals surface area (Å²) < 4.78 is 13.5. The number of nitrogens with one attached hydrogen (secondary N) is 2. The molecular formula is C45H54ClN3O6. The lowest BCUT2D eigenvalue weighted by Crippen LogP contribution is -2.49. The van der Waals surface area contributed by atoms with Crippen molar-refractivity contribution >= 4 is 23.4 Å². The maximum Gasteiger partial charge on any atom is 0.220 e. The Morgan fingerprint density at radius 1 is 0.836 bits per heavy atom. The van der Waals surface area contributed by atoms with Crippen LogP contribution in [0.2, 0.25) is 5.02 Å². The van der Waals surface area contributed by atoms with Gasteiger partial charge in [-0.3, -0.25) is 9.59 Å². The van der Waals surface area contributed by atoms with E-state index < -0.39 is 11.9 Å². The largest absolute Gasteiger partial charge is 0.392 e. The number of carbonyl (C=O) groups is 2. The zero-order valence-corrected chi connectivity index (χ0v) is 32.6. The number of aliphatic hydroxyl groups is 2. The number of rotatable bonds is 15. The highest BCUT2D eigenvalue weighted by Crippen LogP contribution is 2.43. The molecule has 9 nitrogen and oxygen atoms in total. The van der Waals surface area contributed by atoms with E-state index in [2.05, 4.69) is 58.9 Å². The molecular weight excluding hydrogens is 714 g/mol. The molecule has 0 radical (unpaired) electrons. The number of ether oxygens (including phenoxy) is 2. The number of carbonyl (C=O) groups excluding carboxylic acids is 2. The van der Waals surface area contributed by atoms with E-state index in [1.165, 1.54) is 6.92 Å². The summed E-state index contributed by atoms with van der Waals surface area (Å²) in [5.41, 5.74) is 5.97. The van der Waals surface area contributed by atoms with Crippen LogP contribution in [0.5, 0.6) is 0 Å². The zero-order valence-electron chi connectivity index (χ0n) is 31.9. The number of hydrogen-bond acceptors (Lipinski definition) is 7. The molecule has 4 N–H and O–H groups in total. The van der Waals surface area contributed by atoms with Crippen LogP contribution in [0.25, 0.3) is 11.1 Å². The lowest BCUT2D eigenvalue weighted by atomic mass is 9.84. The molecule has 4 aromatic rings. The van der Waals surface area contributed by atoms with Crippen molar-refractivity contribution in [2.75, 3.05) is 26.2 Å². The van der Waals surface area contributed by atoms with Crippen molar-refractivity contribution in [3.63, 3.8) is 0 Å². The molecule has 2 aliphatic rings. The van der Waals surface area contributed by atoms with Crippen LogP contribution < -0.4 is 10.6 Å². The minimum absolute atomic E-state index is 0.0139. The molecule has 2 heterocycles. The normalized spacial score (nSPS) is 21.2. The molecule has 0 unspecified atom stereocenters. The Balaban J connectivity index is 1.09. The zero-order chi connectivity index (χ0) is 38.8. The van der Waals surface area contributed by atoms with Gasteiger partial charge in [0.1, 0.15) is 0 Å². The minimum Gasteiger partial charge on any atom is -0.392 e. The molecule has 0 aromatic heterocycles. The smallest absolute Gasteiger partial charge is 0.220 e. The predicted octanol–water partition coefficient (Wildman–Crippen LogP) is 7.59. The van der Waals surface area contributed by atoms with Gasteiger partial charge in [0.25, 0.3) is 0 Å². The van der Waals surface area contributed by atoms with Gasteiger partial charge in [0.2, 0.25) is 11.8 Å². The van der Waals surface area contributed by atoms with E-state index in [0.717, 1.165) is 71.3 Å². The predicted molar refractivity (Wildman–Crippen MR) is 215 cm³/mol. The second-order valence-corrected chi connectivity index (χ2v) is 15.5. The first-order chi connectivity index (χ1) is 26.6. The first kappa shape index (κ1) is 40.6. The van der Waals surface area contributed by atoms with Gasteiger partial charge in [0.15, 0.2) is 6.29 Å². The van der Waals surface area contributed by atoms with E-state index in [1.807, 2.05) is 60.7 Å². The number of aliphatic hydroxyl groups excluding tert-OH is 1. The van der Waals surface area contributed by atoms with Gasteiger partial charge in [-0.25, -0.2) is 0 Å². The van der Waals surface area contributed by atoms with Gasteiger partial charge in [-0.2, -0.15) is 0 Å². The highest BCUT2D eigenvalue weighted by atomic mass is 35.5. The van der Waals surface area contributed by atoms with Gasteiger partial charge in [0, 0.05) is 62.6 Å². The summed E-state index contributed by atoms with van der Waals surface area (Å²) in [4.78, 5) is 25.8. The number of likely N-dealkylation sites (tertiary alicyclic amines) is 1. The Hall–Kier alpha value is -4.09. The van der Waals surface area contributed by atoms with Crippen LogP contribution in [0, 0.1) is 5.92 Å². The van der Waals surface area contributed by atoms with E-state index in [0.29, 0.717) is 43.9 Å². The standard InChI is InChI=1S/C45H54ClN3O6/c1-31-41(29-49-25-22-45(53,23-26-49)39-18-20-40(46)21-19-39)54-44(55-43(31)36-12-10-33(30-50)11-13-36)37-16-14-35(15-17-37)38-8-6-7-34(27-38)28-48-42(52)9-4-3-5-24-47-32(2)51/h6-8,10-21,27,31,41,43-44,50,53H,3-5,9,22-26,28-30H2,1-2H3,(H,47,51)(H,48,52)/t31-,41+,43+,44+/m1/s1. The number of amides is 2. The van der Waals surface area contributed by atoms with E-state index in [-0.39, 0.29) is 36.5 Å². The summed E-state index contributed by atoms with van der Waals surface area (Å²) in [6.45, 7) is 6.96. The van der Waals surface area contributed by atoms with Crippen molar-refractivity contribution in [2.24, 2.45) is 5.92 Å². The summed E-state index contributed by atoms with van der Waals surface area (Å²) in [6, 6.07) is 32.0.